The molecule has 1 unspecified atom stereocenters. The van der Waals surface area contributed by atoms with Gasteiger partial charge in [-0.2, -0.15) is 0 Å². The topological polar surface area (TPSA) is 66.0 Å². The van der Waals surface area contributed by atoms with E-state index in [1.807, 2.05) is 19.1 Å². The van der Waals surface area contributed by atoms with Crippen molar-refractivity contribution >= 4 is 5.91 Å². The molecular weight excluding hydrogens is 406 g/mol. The van der Waals surface area contributed by atoms with E-state index in [4.69, 9.17) is 18.9 Å². The van der Waals surface area contributed by atoms with Gasteiger partial charge in [0.2, 0.25) is 0 Å². The predicted molar refractivity (Wildman–Crippen MR) is 122 cm³/mol. The molecule has 3 fully saturated rings. The van der Waals surface area contributed by atoms with Crippen molar-refractivity contribution in [3.8, 4) is 5.75 Å². The van der Waals surface area contributed by atoms with Crippen molar-refractivity contribution in [3.63, 3.8) is 0 Å². The van der Waals surface area contributed by atoms with Crippen LogP contribution in [0.15, 0.2) is 36.1 Å². The van der Waals surface area contributed by atoms with Crippen LogP contribution < -0.4 is 10.1 Å². The second-order valence-electron chi connectivity index (χ2n) is 9.08. The smallest absolute Gasteiger partial charge is 0.286 e. The van der Waals surface area contributed by atoms with Crippen molar-refractivity contribution in [1.82, 2.24) is 5.32 Å². The first-order valence-electron chi connectivity index (χ1n) is 12.3. The maximum Gasteiger partial charge on any atom is 0.286 e. The van der Waals surface area contributed by atoms with Crippen molar-refractivity contribution in [1.29, 1.82) is 0 Å². The summed E-state index contributed by atoms with van der Waals surface area (Å²) in [5.74, 6) is 1.62. The molecular formula is C26H37NO5. The van der Waals surface area contributed by atoms with Crippen molar-refractivity contribution in [2.75, 3.05) is 19.8 Å². The molecule has 176 valence electrons. The number of rotatable bonds is 10. The van der Waals surface area contributed by atoms with Gasteiger partial charge in [-0.25, -0.2) is 0 Å². The average molecular weight is 444 g/mol. The first-order valence-corrected chi connectivity index (χ1v) is 12.3. The summed E-state index contributed by atoms with van der Waals surface area (Å²) in [4.78, 5) is 12.7. The minimum absolute atomic E-state index is 0.0579. The highest BCUT2D eigenvalue weighted by Crippen LogP contribution is 2.40. The Kier molecular flexibility index (Phi) is 8.60. The Morgan fingerprint density at radius 1 is 1.00 bits per heavy atom. The minimum atomic E-state index is -0.149. The van der Waals surface area contributed by atoms with Crippen LogP contribution in [0.4, 0.5) is 0 Å². The quantitative estimate of drug-likeness (QED) is 0.319. The summed E-state index contributed by atoms with van der Waals surface area (Å²) >= 11 is 0. The summed E-state index contributed by atoms with van der Waals surface area (Å²) < 4.78 is 23.1. The molecule has 6 nitrogen and oxygen atoms in total. The minimum Gasteiger partial charge on any atom is -0.452 e. The van der Waals surface area contributed by atoms with E-state index in [2.05, 4.69) is 17.4 Å². The van der Waals surface area contributed by atoms with Crippen LogP contribution in [0, 0.1) is 0 Å². The first-order chi connectivity index (χ1) is 15.7. The van der Waals surface area contributed by atoms with Gasteiger partial charge in [-0.15, -0.1) is 0 Å². The van der Waals surface area contributed by atoms with E-state index in [0.29, 0.717) is 30.6 Å². The molecule has 1 saturated heterocycles. The fourth-order valence-electron chi connectivity index (χ4n) is 4.46. The van der Waals surface area contributed by atoms with Crippen LogP contribution in [0.25, 0.3) is 0 Å². The number of carbonyl (C=O) groups excluding carboxylic acids is 1. The zero-order valence-electron chi connectivity index (χ0n) is 19.2. The second-order valence-corrected chi connectivity index (χ2v) is 9.08. The van der Waals surface area contributed by atoms with Gasteiger partial charge in [-0.3, -0.25) is 4.79 Å². The fraction of sp³-hybridized carbons (Fsp3) is 0.654. The zero-order valence-corrected chi connectivity index (χ0v) is 19.2. The Morgan fingerprint density at radius 3 is 2.41 bits per heavy atom. The highest BCUT2D eigenvalue weighted by Gasteiger charge is 2.25. The number of carbonyl (C=O) groups is 1. The first kappa shape index (κ1) is 23.3. The Balaban J connectivity index is 1.12. The van der Waals surface area contributed by atoms with Crippen molar-refractivity contribution in [2.45, 2.75) is 89.1 Å². The maximum atomic E-state index is 12.7. The number of benzene rings is 1. The Labute approximate surface area is 191 Å². The predicted octanol–water partition coefficient (Wildman–Crippen LogP) is 4.83. The summed E-state index contributed by atoms with van der Waals surface area (Å²) in [6.07, 6.45) is 11.5. The van der Waals surface area contributed by atoms with E-state index in [-0.39, 0.29) is 24.3 Å². The standard InChI is InChI=1S/C26H37NO5/c1-2-24(32-23-12-8-20(9-13-23)19-6-7-19)26(28)27-21-10-14-22(15-11-21)29-17-18-31-25-5-3-4-16-30-25/h2,8-9,12-13,19,21-22,25H,3-7,10-11,14-18H2,1H3,(H,27,28)/t21-,22-,25?. The van der Waals surface area contributed by atoms with Gasteiger partial charge < -0.3 is 24.3 Å². The summed E-state index contributed by atoms with van der Waals surface area (Å²) in [6.45, 7) is 3.80. The highest BCUT2D eigenvalue weighted by atomic mass is 16.7. The molecule has 1 aromatic carbocycles. The third kappa shape index (κ3) is 7.06. The van der Waals surface area contributed by atoms with Crippen molar-refractivity contribution < 1.29 is 23.7 Å². The lowest BCUT2D eigenvalue weighted by molar-refractivity contribution is -0.172. The van der Waals surface area contributed by atoms with Gasteiger partial charge in [0.1, 0.15) is 5.75 Å². The Morgan fingerprint density at radius 2 is 1.75 bits per heavy atom. The number of nitrogens with one attached hydrogen (secondary N) is 1. The largest absolute Gasteiger partial charge is 0.452 e. The fourth-order valence-corrected chi connectivity index (χ4v) is 4.46. The number of hydrogen-bond acceptors (Lipinski definition) is 5. The molecule has 0 spiro atoms. The molecule has 0 radical (unpaired) electrons. The van der Waals surface area contributed by atoms with E-state index < -0.39 is 0 Å². The van der Waals surface area contributed by atoms with Crippen LogP contribution in [-0.2, 0) is 19.0 Å². The van der Waals surface area contributed by atoms with Gasteiger partial charge >= 0.3 is 0 Å². The number of ether oxygens (including phenoxy) is 4. The SMILES string of the molecule is CC=C(Oc1ccc(C2CC2)cc1)C(=O)N[C@H]1CC[C@H](OCCOC2CCCCO2)CC1. The van der Waals surface area contributed by atoms with Gasteiger partial charge in [-0.1, -0.05) is 12.1 Å². The zero-order chi connectivity index (χ0) is 22.2. The third-order valence-corrected chi connectivity index (χ3v) is 6.53. The Bertz CT molecular complexity index is 744. The van der Waals surface area contributed by atoms with Gasteiger partial charge in [0.05, 0.1) is 19.3 Å². The van der Waals surface area contributed by atoms with E-state index in [1.165, 1.54) is 24.8 Å². The second kappa shape index (κ2) is 11.8. The van der Waals surface area contributed by atoms with E-state index >= 15 is 0 Å². The van der Waals surface area contributed by atoms with Crippen LogP contribution in [0.3, 0.4) is 0 Å². The molecule has 4 rings (SSSR count). The molecule has 0 aromatic heterocycles. The third-order valence-electron chi connectivity index (χ3n) is 6.53. The lowest BCUT2D eigenvalue weighted by Gasteiger charge is -2.29. The summed E-state index contributed by atoms with van der Waals surface area (Å²) in [5, 5.41) is 3.13. The van der Waals surface area contributed by atoms with Crippen LogP contribution in [0.5, 0.6) is 5.75 Å². The molecule has 1 heterocycles. The van der Waals surface area contributed by atoms with Crippen LogP contribution in [0.1, 0.15) is 76.2 Å². The lowest BCUT2D eigenvalue weighted by atomic mass is 9.93. The normalized spacial score (nSPS) is 26.5. The highest BCUT2D eigenvalue weighted by molar-refractivity contribution is 5.92. The molecule has 3 aliphatic rings. The molecule has 32 heavy (non-hydrogen) atoms. The number of hydrogen-bond donors (Lipinski definition) is 1. The molecule has 2 saturated carbocycles. The monoisotopic (exact) mass is 443 g/mol. The summed E-state index contributed by atoms with van der Waals surface area (Å²) in [7, 11) is 0. The molecule has 6 heteroatoms. The Hall–Kier alpha value is -1.89. The molecule has 0 bridgehead atoms. The maximum absolute atomic E-state index is 12.7. The van der Waals surface area contributed by atoms with Crippen LogP contribution >= 0.6 is 0 Å². The molecule has 1 aromatic rings. The summed E-state index contributed by atoms with van der Waals surface area (Å²) in [6, 6.07) is 8.28. The van der Waals surface area contributed by atoms with Crippen molar-refractivity contribution in [2.24, 2.45) is 0 Å². The van der Waals surface area contributed by atoms with Crippen molar-refractivity contribution in [3.05, 3.63) is 41.7 Å². The molecule has 1 atom stereocenters. The van der Waals surface area contributed by atoms with E-state index in [0.717, 1.165) is 45.1 Å². The van der Waals surface area contributed by atoms with Gasteiger partial charge in [0.25, 0.3) is 5.91 Å². The lowest BCUT2D eigenvalue weighted by Crippen LogP contribution is -2.40. The molecule has 2 aliphatic carbocycles. The molecule has 1 aliphatic heterocycles. The number of allylic oxidation sites excluding steroid dienone is 1. The molecule has 1 N–H and O–H groups in total. The average Bonchev–Trinajstić information content (AvgIpc) is 3.68. The van der Waals surface area contributed by atoms with E-state index in [9.17, 15) is 4.79 Å². The van der Waals surface area contributed by atoms with Crippen LogP contribution in [0.2, 0.25) is 0 Å². The number of amides is 1. The van der Waals surface area contributed by atoms with Crippen LogP contribution in [-0.4, -0.2) is 44.2 Å². The van der Waals surface area contributed by atoms with Gasteiger partial charge in [0.15, 0.2) is 12.0 Å². The van der Waals surface area contributed by atoms with Gasteiger partial charge in [-0.05, 0) is 94.4 Å². The summed E-state index contributed by atoms with van der Waals surface area (Å²) in [5.41, 5.74) is 1.36. The van der Waals surface area contributed by atoms with Gasteiger partial charge in [0, 0.05) is 12.6 Å². The van der Waals surface area contributed by atoms with E-state index in [1.54, 1.807) is 6.08 Å². The molecule has 1 amide bonds.